The van der Waals surface area contributed by atoms with Crippen LogP contribution in [0.1, 0.15) is 11.1 Å². The van der Waals surface area contributed by atoms with Gasteiger partial charge in [-0.25, -0.2) is 12.8 Å². The van der Waals surface area contributed by atoms with E-state index in [0.717, 1.165) is 22.0 Å². The van der Waals surface area contributed by atoms with Crippen molar-refractivity contribution in [1.29, 1.82) is 0 Å². The standard InChI is InChI=1S/C19H18ClFN2O2S2/c1-12-2-7-15(8-16(12)20)23(9-13-3-5-14(21)6-4-13)19-22-17-10-27(24,25)11-18(17)26-19/h2-8,17-18H,9-11H2,1H3/t17-,18-/m0/s1. The van der Waals surface area contributed by atoms with E-state index >= 15 is 0 Å². The molecule has 2 aliphatic rings. The maximum atomic E-state index is 13.3. The number of aliphatic imine (C=N–C) groups is 1. The number of fused-ring (bicyclic) bond motifs is 1. The molecule has 142 valence electrons. The van der Waals surface area contributed by atoms with Gasteiger partial charge >= 0.3 is 0 Å². The third-order valence-corrected chi connectivity index (χ3v) is 8.41. The first-order valence-electron chi connectivity index (χ1n) is 8.54. The molecule has 0 aliphatic carbocycles. The lowest BCUT2D eigenvalue weighted by molar-refractivity contribution is 0.601. The molecule has 0 N–H and O–H groups in total. The maximum absolute atomic E-state index is 13.3. The summed E-state index contributed by atoms with van der Waals surface area (Å²) in [5.74, 6) is -0.0160. The second kappa shape index (κ2) is 7.11. The Bertz CT molecular complexity index is 1010. The molecule has 0 spiro atoms. The van der Waals surface area contributed by atoms with Gasteiger partial charge in [-0.3, -0.25) is 4.99 Å². The van der Waals surface area contributed by atoms with Crippen LogP contribution in [0.5, 0.6) is 0 Å². The Kier molecular flexibility index (Phi) is 4.94. The third-order valence-electron chi connectivity index (χ3n) is 4.76. The number of aryl methyl sites for hydroxylation is 1. The maximum Gasteiger partial charge on any atom is 0.164 e. The van der Waals surface area contributed by atoms with Crippen molar-refractivity contribution in [2.75, 3.05) is 16.4 Å². The van der Waals surface area contributed by atoms with Gasteiger partial charge in [0.2, 0.25) is 0 Å². The number of thioether (sulfide) groups is 1. The average molecular weight is 425 g/mol. The molecule has 0 unspecified atom stereocenters. The summed E-state index contributed by atoms with van der Waals surface area (Å²) in [6, 6.07) is 11.9. The summed E-state index contributed by atoms with van der Waals surface area (Å²) >= 11 is 7.82. The van der Waals surface area contributed by atoms with E-state index in [-0.39, 0.29) is 28.6 Å². The van der Waals surface area contributed by atoms with Gasteiger partial charge in [-0.1, -0.05) is 41.6 Å². The van der Waals surface area contributed by atoms with Crippen LogP contribution in [-0.2, 0) is 16.4 Å². The highest BCUT2D eigenvalue weighted by Crippen LogP contribution is 2.38. The smallest absolute Gasteiger partial charge is 0.164 e. The van der Waals surface area contributed by atoms with E-state index in [1.54, 1.807) is 12.1 Å². The van der Waals surface area contributed by atoms with Crippen molar-refractivity contribution in [3.8, 4) is 0 Å². The fourth-order valence-corrected chi connectivity index (χ4v) is 7.22. The third kappa shape index (κ3) is 4.00. The van der Waals surface area contributed by atoms with Gasteiger partial charge in [0, 0.05) is 16.0 Å². The van der Waals surface area contributed by atoms with Crippen LogP contribution in [0.2, 0.25) is 5.02 Å². The molecule has 27 heavy (non-hydrogen) atoms. The van der Waals surface area contributed by atoms with Crippen LogP contribution in [0, 0.1) is 12.7 Å². The number of rotatable bonds is 3. The van der Waals surface area contributed by atoms with E-state index in [4.69, 9.17) is 16.6 Å². The van der Waals surface area contributed by atoms with Gasteiger partial charge in [-0.05, 0) is 42.3 Å². The molecule has 0 bridgehead atoms. The van der Waals surface area contributed by atoms with E-state index in [1.807, 2.05) is 30.0 Å². The normalized spacial score (nSPS) is 23.1. The zero-order valence-corrected chi connectivity index (χ0v) is 17.0. The van der Waals surface area contributed by atoms with Crippen LogP contribution in [0.4, 0.5) is 10.1 Å². The lowest BCUT2D eigenvalue weighted by Gasteiger charge is -2.25. The van der Waals surface area contributed by atoms with E-state index < -0.39 is 9.84 Å². The molecular weight excluding hydrogens is 407 g/mol. The molecule has 4 rings (SSSR count). The fourth-order valence-electron chi connectivity index (χ4n) is 3.26. The summed E-state index contributed by atoms with van der Waals surface area (Å²) in [6.45, 7) is 2.44. The van der Waals surface area contributed by atoms with Gasteiger partial charge in [-0.15, -0.1) is 0 Å². The zero-order valence-electron chi connectivity index (χ0n) is 14.6. The predicted octanol–water partition coefficient (Wildman–Crippen LogP) is 4.06. The van der Waals surface area contributed by atoms with Crippen molar-refractivity contribution in [2.45, 2.75) is 24.8 Å². The molecule has 2 aromatic rings. The van der Waals surface area contributed by atoms with Crippen molar-refractivity contribution in [1.82, 2.24) is 0 Å². The van der Waals surface area contributed by atoms with Crippen molar-refractivity contribution < 1.29 is 12.8 Å². The largest absolute Gasteiger partial charge is 0.317 e. The zero-order chi connectivity index (χ0) is 19.2. The minimum atomic E-state index is -3.00. The van der Waals surface area contributed by atoms with Gasteiger partial charge in [-0.2, -0.15) is 0 Å². The molecule has 2 aliphatic heterocycles. The molecule has 2 aromatic carbocycles. The number of nitrogens with zero attached hydrogens (tertiary/aromatic N) is 2. The fraction of sp³-hybridized carbons (Fsp3) is 0.316. The Balaban J connectivity index is 1.68. The van der Waals surface area contributed by atoms with Crippen molar-refractivity contribution in [3.05, 3.63) is 64.4 Å². The Morgan fingerprint density at radius 2 is 1.96 bits per heavy atom. The number of benzene rings is 2. The Hall–Kier alpha value is -1.57. The Morgan fingerprint density at radius 1 is 1.22 bits per heavy atom. The first kappa shape index (κ1) is 18.8. The van der Waals surface area contributed by atoms with E-state index in [9.17, 15) is 12.8 Å². The predicted molar refractivity (Wildman–Crippen MR) is 110 cm³/mol. The van der Waals surface area contributed by atoms with Gasteiger partial charge in [0.05, 0.1) is 24.1 Å². The molecule has 2 heterocycles. The lowest BCUT2D eigenvalue weighted by atomic mass is 10.1. The minimum Gasteiger partial charge on any atom is -0.317 e. The van der Waals surface area contributed by atoms with E-state index in [2.05, 4.69) is 0 Å². The average Bonchev–Trinajstić information content (AvgIpc) is 3.10. The first-order valence-corrected chi connectivity index (χ1v) is 11.6. The summed E-state index contributed by atoms with van der Waals surface area (Å²) in [5, 5.41) is 1.40. The highest BCUT2D eigenvalue weighted by molar-refractivity contribution is 8.15. The van der Waals surface area contributed by atoms with Crippen LogP contribution < -0.4 is 4.90 Å². The second-order valence-corrected chi connectivity index (χ2v) is 10.6. The molecule has 0 saturated carbocycles. The SMILES string of the molecule is Cc1ccc(N(Cc2ccc(F)cc2)C2=N[C@H]3CS(=O)(=O)C[C@@H]3S2)cc1Cl. The minimum absolute atomic E-state index is 0.0401. The summed E-state index contributed by atoms with van der Waals surface area (Å²) in [6.07, 6.45) is 0. The number of hydrogen-bond donors (Lipinski definition) is 0. The summed E-state index contributed by atoms with van der Waals surface area (Å²) in [4.78, 5) is 6.72. The molecule has 8 heteroatoms. The van der Waals surface area contributed by atoms with Crippen molar-refractivity contribution in [3.63, 3.8) is 0 Å². The molecule has 4 nitrogen and oxygen atoms in total. The summed E-state index contributed by atoms with van der Waals surface area (Å²) in [5.41, 5.74) is 2.79. The molecule has 2 atom stereocenters. The van der Waals surface area contributed by atoms with E-state index in [0.29, 0.717) is 11.6 Å². The Morgan fingerprint density at radius 3 is 2.63 bits per heavy atom. The number of anilines is 1. The second-order valence-electron chi connectivity index (χ2n) is 6.86. The summed E-state index contributed by atoms with van der Waals surface area (Å²) in [7, 11) is -3.00. The summed E-state index contributed by atoms with van der Waals surface area (Å²) < 4.78 is 37.0. The Labute approximate surface area is 167 Å². The highest BCUT2D eigenvalue weighted by atomic mass is 35.5. The molecule has 0 aromatic heterocycles. The molecule has 1 fully saturated rings. The van der Waals surface area contributed by atoms with Crippen molar-refractivity contribution in [2.24, 2.45) is 4.99 Å². The van der Waals surface area contributed by atoms with Crippen LogP contribution in [0.25, 0.3) is 0 Å². The van der Waals surface area contributed by atoms with E-state index in [1.165, 1.54) is 23.9 Å². The van der Waals surface area contributed by atoms with Crippen LogP contribution in [0.3, 0.4) is 0 Å². The number of hydrogen-bond acceptors (Lipinski definition) is 5. The van der Waals surface area contributed by atoms with Gasteiger partial charge in [0.25, 0.3) is 0 Å². The number of halogens is 2. The topological polar surface area (TPSA) is 49.7 Å². The number of sulfone groups is 1. The van der Waals surface area contributed by atoms with Gasteiger partial charge < -0.3 is 4.90 Å². The highest BCUT2D eigenvalue weighted by Gasteiger charge is 2.44. The van der Waals surface area contributed by atoms with Gasteiger partial charge in [0.15, 0.2) is 15.0 Å². The number of amidine groups is 1. The monoisotopic (exact) mass is 424 g/mol. The molecule has 0 radical (unpaired) electrons. The van der Waals surface area contributed by atoms with Crippen LogP contribution in [0.15, 0.2) is 47.5 Å². The van der Waals surface area contributed by atoms with Crippen molar-refractivity contribution >= 4 is 44.1 Å². The van der Waals surface area contributed by atoms with Gasteiger partial charge in [0.1, 0.15) is 5.82 Å². The van der Waals surface area contributed by atoms with Crippen LogP contribution in [-0.4, -0.2) is 36.4 Å². The lowest BCUT2D eigenvalue weighted by Crippen LogP contribution is -2.28. The molecular formula is C19H18ClFN2O2S2. The first-order chi connectivity index (χ1) is 12.8. The molecule has 1 saturated heterocycles. The van der Waals surface area contributed by atoms with Crippen LogP contribution >= 0.6 is 23.4 Å². The molecule has 0 amide bonds. The quantitative estimate of drug-likeness (QED) is 0.745.